The molecule has 60 valence electrons. The summed E-state index contributed by atoms with van der Waals surface area (Å²) in [5.41, 5.74) is 5.39. The van der Waals surface area contributed by atoms with Crippen LogP contribution in [0.15, 0.2) is 0 Å². The van der Waals surface area contributed by atoms with Gasteiger partial charge in [0, 0.05) is 26.2 Å². The van der Waals surface area contributed by atoms with E-state index in [9.17, 15) is 0 Å². The molecule has 0 aliphatic carbocycles. The van der Waals surface area contributed by atoms with Crippen LogP contribution in [0.1, 0.15) is 13.3 Å². The molecule has 2 N–H and O–H groups in total. The van der Waals surface area contributed by atoms with Crippen molar-refractivity contribution in [1.82, 2.24) is 0 Å². The first kappa shape index (κ1) is 7.98. The molecule has 0 aromatic rings. The quantitative estimate of drug-likeness (QED) is 0.614. The van der Waals surface area contributed by atoms with Gasteiger partial charge >= 0.3 is 0 Å². The van der Waals surface area contributed by atoms with E-state index in [0.29, 0.717) is 13.2 Å². The molecule has 0 aromatic carbocycles. The normalized spacial score (nSPS) is 33.0. The fourth-order valence-electron chi connectivity index (χ4n) is 1.23. The third-order valence-corrected chi connectivity index (χ3v) is 1.89. The molecule has 1 rings (SSSR count). The van der Waals surface area contributed by atoms with Gasteiger partial charge in [-0.15, -0.1) is 0 Å². The number of nitrogens with two attached hydrogens (primary N) is 1. The molecule has 1 aliphatic heterocycles. The predicted molar refractivity (Wildman–Crippen MR) is 38.8 cm³/mol. The lowest BCUT2D eigenvalue weighted by Gasteiger charge is -2.24. The van der Waals surface area contributed by atoms with E-state index in [4.69, 9.17) is 15.2 Å². The molecule has 0 saturated carbocycles. The second-order valence-electron chi connectivity index (χ2n) is 2.62. The van der Waals surface area contributed by atoms with Crippen molar-refractivity contribution >= 4 is 0 Å². The van der Waals surface area contributed by atoms with Crippen LogP contribution in [0, 0.1) is 0 Å². The third-order valence-electron chi connectivity index (χ3n) is 1.89. The summed E-state index contributed by atoms with van der Waals surface area (Å²) in [6.45, 7) is 4.73. The summed E-state index contributed by atoms with van der Waals surface area (Å²) in [6.07, 6.45) is 0.942. The maximum Gasteiger partial charge on any atom is 0.106 e. The highest BCUT2D eigenvalue weighted by Gasteiger charge is 2.33. The minimum absolute atomic E-state index is 0.158. The van der Waals surface area contributed by atoms with Gasteiger partial charge in [0.1, 0.15) is 5.60 Å². The van der Waals surface area contributed by atoms with Gasteiger partial charge in [0.05, 0.1) is 6.61 Å². The molecule has 0 bridgehead atoms. The van der Waals surface area contributed by atoms with Gasteiger partial charge in [-0.1, -0.05) is 0 Å². The fraction of sp³-hybridized carbons (Fsp3) is 1.00. The largest absolute Gasteiger partial charge is 0.378 e. The summed E-state index contributed by atoms with van der Waals surface area (Å²) in [6, 6.07) is 0. The zero-order valence-corrected chi connectivity index (χ0v) is 6.43. The van der Waals surface area contributed by atoms with Crippen molar-refractivity contribution in [2.24, 2.45) is 5.73 Å². The highest BCUT2D eigenvalue weighted by atomic mass is 16.6. The number of hydrogen-bond donors (Lipinski definition) is 1. The van der Waals surface area contributed by atoms with E-state index in [1.165, 1.54) is 0 Å². The SMILES string of the molecule is CCOC1(CN)CCOC1. The minimum atomic E-state index is -0.158. The first-order chi connectivity index (χ1) is 4.83. The Morgan fingerprint density at radius 2 is 2.50 bits per heavy atom. The Kier molecular flexibility index (Phi) is 2.65. The van der Waals surface area contributed by atoms with E-state index in [-0.39, 0.29) is 5.60 Å². The number of ether oxygens (including phenoxy) is 2. The van der Waals surface area contributed by atoms with E-state index >= 15 is 0 Å². The molecule has 1 saturated heterocycles. The van der Waals surface area contributed by atoms with Crippen LogP contribution < -0.4 is 5.73 Å². The van der Waals surface area contributed by atoms with Crippen LogP contribution in [-0.2, 0) is 9.47 Å². The topological polar surface area (TPSA) is 44.5 Å². The first-order valence-corrected chi connectivity index (χ1v) is 3.75. The average Bonchev–Trinajstić information content (AvgIpc) is 2.39. The average molecular weight is 145 g/mol. The second-order valence-corrected chi connectivity index (χ2v) is 2.62. The molecule has 3 heteroatoms. The van der Waals surface area contributed by atoms with Gasteiger partial charge in [0.25, 0.3) is 0 Å². The first-order valence-electron chi connectivity index (χ1n) is 3.75. The molecule has 1 aliphatic rings. The summed E-state index contributed by atoms with van der Waals surface area (Å²) in [4.78, 5) is 0. The molecule has 1 unspecified atom stereocenters. The van der Waals surface area contributed by atoms with E-state index < -0.39 is 0 Å². The molecule has 1 heterocycles. The maximum atomic E-state index is 5.55. The molecule has 10 heavy (non-hydrogen) atoms. The van der Waals surface area contributed by atoms with Gasteiger partial charge in [-0.3, -0.25) is 0 Å². The van der Waals surface area contributed by atoms with Gasteiger partial charge in [-0.25, -0.2) is 0 Å². The Morgan fingerprint density at radius 3 is 2.90 bits per heavy atom. The Morgan fingerprint density at radius 1 is 1.70 bits per heavy atom. The molecule has 0 aromatic heterocycles. The summed E-state index contributed by atoms with van der Waals surface area (Å²) >= 11 is 0. The van der Waals surface area contributed by atoms with Crippen molar-refractivity contribution in [3.05, 3.63) is 0 Å². The second kappa shape index (κ2) is 3.32. The molecular weight excluding hydrogens is 130 g/mol. The van der Waals surface area contributed by atoms with E-state index in [1.54, 1.807) is 0 Å². The Hall–Kier alpha value is -0.120. The smallest absolute Gasteiger partial charge is 0.106 e. The Bertz CT molecular complexity index is 99.8. The summed E-state index contributed by atoms with van der Waals surface area (Å²) in [5, 5.41) is 0. The molecule has 1 atom stereocenters. The van der Waals surface area contributed by atoms with E-state index in [0.717, 1.165) is 19.6 Å². The maximum absolute atomic E-state index is 5.55. The zero-order valence-electron chi connectivity index (χ0n) is 6.43. The summed E-state index contributed by atoms with van der Waals surface area (Å²) in [5.74, 6) is 0. The standard InChI is InChI=1S/C7H15NO2/c1-2-10-7(5-8)3-4-9-6-7/h2-6,8H2,1H3. The van der Waals surface area contributed by atoms with Crippen LogP contribution >= 0.6 is 0 Å². The summed E-state index contributed by atoms with van der Waals surface area (Å²) < 4.78 is 10.7. The summed E-state index contributed by atoms with van der Waals surface area (Å²) in [7, 11) is 0. The lowest BCUT2D eigenvalue weighted by Crippen LogP contribution is -2.41. The number of rotatable bonds is 3. The Balaban J connectivity index is 2.41. The fourth-order valence-corrected chi connectivity index (χ4v) is 1.23. The van der Waals surface area contributed by atoms with Crippen molar-refractivity contribution in [2.45, 2.75) is 18.9 Å². The van der Waals surface area contributed by atoms with Gasteiger partial charge in [-0.2, -0.15) is 0 Å². The van der Waals surface area contributed by atoms with Crippen LogP contribution in [0.3, 0.4) is 0 Å². The predicted octanol–water partition coefficient (Wildman–Crippen LogP) is 0.141. The van der Waals surface area contributed by atoms with Gasteiger partial charge in [-0.05, 0) is 6.92 Å². The lowest BCUT2D eigenvalue weighted by atomic mass is 10.0. The highest BCUT2D eigenvalue weighted by Crippen LogP contribution is 2.21. The van der Waals surface area contributed by atoms with Gasteiger partial charge in [0.2, 0.25) is 0 Å². The lowest BCUT2D eigenvalue weighted by molar-refractivity contribution is -0.0363. The minimum Gasteiger partial charge on any atom is -0.378 e. The van der Waals surface area contributed by atoms with Crippen LogP contribution in [0.2, 0.25) is 0 Å². The Labute approximate surface area is 61.5 Å². The van der Waals surface area contributed by atoms with Crippen LogP contribution in [0.4, 0.5) is 0 Å². The van der Waals surface area contributed by atoms with Crippen molar-refractivity contribution in [2.75, 3.05) is 26.4 Å². The molecule has 1 fully saturated rings. The van der Waals surface area contributed by atoms with Crippen LogP contribution in [0.5, 0.6) is 0 Å². The van der Waals surface area contributed by atoms with Crippen molar-refractivity contribution in [3.8, 4) is 0 Å². The zero-order chi connectivity index (χ0) is 7.45. The van der Waals surface area contributed by atoms with Crippen LogP contribution in [-0.4, -0.2) is 32.0 Å². The van der Waals surface area contributed by atoms with Crippen molar-refractivity contribution < 1.29 is 9.47 Å². The van der Waals surface area contributed by atoms with Crippen LogP contribution in [0.25, 0.3) is 0 Å². The monoisotopic (exact) mass is 145 g/mol. The molecule has 3 nitrogen and oxygen atoms in total. The number of hydrogen-bond acceptors (Lipinski definition) is 3. The molecular formula is C7H15NO2. The van der Waals surface area contributed by atoms with Gasteiger partial charge in [0.15, 0.2) is 0 Å². The molecule has 0 radical (unpaired) electrons. The van der Waals surface area contributed by atoms with E-state index in [1.807, 2.05) is 6.92 Å². The van der Waals surface area contributed by atoms with Crippen molar-refractivity contribution in [1.29, 1.82) is 0 Å². The van der Waals surface area contributed by atoms with Gasteiger partial charge < -0.3 is 15.2 Å². The molecule has 0 amide bonds. The highest BCUT2D eigenvalue weighted by molar-refractivity contribution is 4.85. The third kappa shape index (κ3) is 1.48. The molecule has 0 spiro atoms. The van der Waals surface area contributed by atoms with E-state index in [2.05, 4.69) is 0 Å². The van der Waals surface area contributed by atoms with Crippen molar-refractivity contribution in [3.63, 3.8) is 0 Å².